The fraction of sp³-hybridized carbons (Fsp3) is 0.556. The van der Waals surface area contributed by atoms with Crippen molar-refractivity contribution in [2.75, 3.05) is 5.73 Å². The average molecular weight is 193 g/mol. The molecule has 0 aliphatic rings. The fourth-order valence-electron chi connectivity index (χ4n) is 1.81. The van der Waals surface area contributed by atoms with E-state index in [0.29, 0.717) is 5.95 Å². The summed E-state index contributed by atoms with van der Waals surface area (Å²) in [4.78, 5) is 4.33. The number of anilines is 1. The second kappa shape index (κ2) is 3.01. The predicted molar refractivity (Wildman–Crippen MR) is 56.0 cm³/mol. The number of rotatable bonds is 2. The number of aromatic nitrogens is 4. The van der Waals surface area contributed by atoms with Crippen LogP contribution in [-0.4, -0.2) is 19.3 Å². The van der Waals surface area contributed by atoms with Crippen LogP contribution in [0.4, 0.5) is 5.95 Å². The van der Waals surface area contributed by atoms with Gasteiger partial charge in [0.25, 0.3) is 0 Å². The van der Waals surface area contributed by atoms with Crippen LogP contribution in [0.25, 0.3) is 11.2 Å². The van der Waals surface area contributed by atoms with Crippen molar-refractivity contribution >= 4 is 17.1 Å². The Morgan fingerprint density at radius 3 is 2.64 bits per heavy atom. The first kappa shape index (κ1) is 9.05. The SMILES string of the molecule is CCc1nn(C)c2c1nc(N)n2CC. The normalized spacial score (nSPS) is 11.4. The van der Waals surface area contributed by atoms with E-state index in [1.807, 2.05) is 16.3 Å². The maximum Gasteiger partial charge on any atom is 0.202 e. The van der Waals surface area contributed by atoms with Gasteiger partial charge in [0.1, 0.15) is 5.52 Å². The fourth-order valence-corrected chi connectivity index (χ4v) is 1.81. The molecule has 2 N–H and O–H groups in total. The minimum absolute atomic E-state index is 0.574. The zero-order valence-corrected chi connectivity index (χ0v) is 8.78. The van der Waals surface area contributed by atoms with Gasteiger partial charge in [0.2, 0.25) is 5.95 Å². The molecule has 2 aromatic rings. The summed E-state index contributed by atoms with van der Waals surface area (Å²) in [7, 11) is 1.93. The Bertz CT molecular complexity index is 465. The molecule has 5 nitrogen and oxygen atoms in total. The van der Waals surface area contributed by atoms with Crippen molar-refractivity contribution in [1.82, 2.24) is 19.3 Å². The van der Waals surface area contributed by atoms with Gasteiger partial charge in [-0.2, -0.15) is 5.10 Å². The van der Waals surface area contributed by atoms with E-state index < -0.39 is 0 Å². The van der Waals surface area contributed by atoms with Gasteiger partial charge in [-0.25, -0.2) is 4.98 Å². The minimum Gasteiger partial charge on any atom is -0.369 e. The van der Waals surface area contributed by atoms with Crippen molar-refractivity contribution in [3.63, 3.8) is 0 Å². The van der Waals surface area contributed by atoms with Gasteiger partial charge < -0.3 is 5.73 Å². The van der Waals surface area contributed by atoms with Crippen LogP contribution in [0.1, 0.15) is 19.5 Å². The second-order valence-corrected chi connectivity index (χ2v) is 3.31. The third-order valence-electron chi connectivity index (χ3n) is 2.47. The summed E-state index contributed by atoms with van der Waals surface area (Å²) in [6.45, 7) is 4.95. The average Bonchev–Trinajstić information content (AvgIpc) is 2.63. The van der Waals surface area contributed by atoms with Crippen LogP contribution in [0.15, 0.2) is 0 Å². The molecule has 2 aromatic heterocycles. The number of fused-ring (bicyclic) bond motifs is 1. The van der Waals surface area contributed by atoms with Crippen LogP contribution in [0.5, 0.6) is 0 Å². The lowest BCUT2D eigenvalue weighted by Gasteiger charge is -2.01. The smallest absolute Gasteiger partial charge is 0.202 e. The topological polar surface area (TPSA) is 61.7 Å². The van der Waals surface area contributed by atoms with Crippen molar-refractivity contribution in [2.24, 2.45) is 7.05 Å². The summed E-state index contributed by atoms with van der Waals surface area (Å²) in [5.74, 6) is 0.574. The Hall–Kier alpha value is -1.52. The first-order valence-corrected chi connectivity index (χ1v) is 4.86. The van der Waals surface area contributed by atoms with Gasteiger partial charge in [0.05, 0.1) is 5.69 Å². The molecule has 14 heavy (non-hydrogen) atoms. The molecule has 0 spiro atoms. The van der Waals surface area contributed by atoms with E-state index in [9.17, 15) is 0 Å². The lowest BCUT2D eigenvalue weighted by Crippen LogP contribution is -2.05. The van der Waals surface area contributed by atoms with E-state index in [1.165, 1.54) is 0 Å². The number of nitrogen functional groups attached to an aromatic ring is 1. The lowest BCUT2D eigenvalue weighted by atomic mass is 10.3. The molecule has 0 saturated carbocycles. The van der Waals surface area contributed by atoms with Gasteiger partial charge in [0, 0.05) is 13.6 Å². The second-order valence-electron chi connectivity index (χ2n) is 3.31. The summed E-state index contributed by atoms with van der Waals surface area (Å²) in [5, 5.41) is 4.40. The Balaban J connectivity index is 2.81. The van der Waals surface area contributed by atoms with Crippen LogP contribution in [-0.2, 0) is 20.0 Å². The Morgan fingerprint density at radius 2 is 2.07 bits per heavy atom. The van der Waals surface area contributed by atoms with E-state index in [2.05, 4.69) is 23.9 Å². The zero-order valence-electron chi connectivity index (χ0n) is 8.78. The predicted octanol–water partition coefficient (Wildman–Crippen LogP) is 0.934. The highest BCUT2D eigenvalue weighted by atomic mass is 15.3. The Kier molecular flexibility index (Phi) is 1.94. The van der Waals surface area contributed by atoms with Gasteiger partial charge >= 0.3 is 0 Å². The summed E-state index contributed by atoms with van der Waals surface area (Å²) in [6.07, 6.45) is 0.886. The molecule has 0 aliphatic carbocycles. The Morgan fingerprint density at radius 1 is 1.36 bits per heavy atom. The largest absolute Gasteiger partial charge is 0.369 e. The highest BCUT2D eigenvalue weighted by Gasteiger charge is 2.15. The molecule has 0 amide bonds. The van der Waals surface area contributed by atoms with Gasteiger partial charge in [-0.05, 0) is 13.3 Å². The molecule has 0 unspecified atom stereocenters. The number of hydrogen-bond acceptors (Lipinski definition) is 3. The maximum absolute atomic E-state index is 5.81. The molecule has 2 heterocycles. The molecule has 0 atom stereocenters. The maximum atomic E-state index is 5.81. The third kappa shape index (κ3) is 1.01. The molecule has 0 aliphatic heterocycles. The van der Waals surface area contributed by atoms with Crippen molar-refractivity contribution < 1.29 is 0 Å². The number of imidazole rings is 1. The van der Waals surface area contributed by atoms with E-state index >= 15 is 0 Å². The number of nitrogens with zero attached hydrogens (tertiary/aromatic N) is 4. The van der Waals surface area contributed by atoms with Gasteiger partial charge in [-0.1, -0.05) is 6.92 Å². The van der Waals surface area contributed by atoms with Crippen molar-refractivity contribution in [1.29, 1.82) is 0 Å². The molecule has 2 rings (SSSR count). The number of aryl methyl sites for hydroxylation is 3. The van der Waals surface area contributed by atoms with Crippen molar-refractivity contribution in [3.8, 4) is 0 Å². The van der Waals surface area contributed by atoms with Crippen LogP contribution >= 0.6 is 0 Å². The summed E-state index contributed by atoms with van der Waals surface area (Å²) in [5.41, 5.74) is 8.78. The molecule has 76 valence electrons. The first-order valence-electron chi connectivity index (χ1n) is 4.86. The highest BCUT2D eigenvalue weighted by Crippen LogP contribution is 2.20. The molecular formula is C9H15N5. The summed E-state index contributed by atoms with van der Waals surface area (Å²) in [6, 6.07) is 0. The standard InChI is InChI=1S/C9H15N5/c1-4-6-7-8(13(3)12-6)14(5-2)9(10)11-7/h4-5H2,1-3H3,(H2,10,11). The van der Waals surface area contributed by atoms with Crippen LogP contribution < -0.4 is 5.73 Å². The Labute approximate surface area is 82.5 Å². The van der Waals surface area contributed by atoms with Crippen LogP contribution in [0.2, 0.25) is 0 Å². The molecule has 0 fully saturated rings. The molecular weight excluding hydrogens is 178 g/mol. The molecule has 0 saturated heterocycles. The number of nitrogens with two attached hydrogens (primary N) is 1. The molecule has 0 bridgehead atoms. The summed E-state index contributed by atoms with van der Waals surface area (Å²) < 4.78 is 3.82. The van der Waals surface area contributed by atoms with E-state index in [-0.39, 0.29) is 0 Å². The monoisotopic (exact) mass is 193 g/mol. The van der Waals surface area contributed by atoms with Crippen molar-refractivity contribution in [2.45, 2.75) is 26.8 Å². The molecule has 0 radical (unpaired) electrons. The van der Waals surface area contributed by atoms with Crippen LogP contribution in [0.3, 0.4) is 0 Å². The van der Waals surface area contributed by atoms with Crippen LogP contribution in [0, 0.1) is 0 Å². The lowest BCUT2D eigenvalue weighted by molar-refractivity contribution is 0.708. The van der Waals surface area contributed by atoms with Gasteiger partial charge in [-0.3, -0.25) is 9.25 Å². The highest BCUT2D eigenvalue weighted by molar-refractivity contribution is 5.77. The van der Waals surface area contributed by atoms with Gasteiger partial charge in [-0.15, -0.1) is 0 Å². The zero-order chi connectivity index (χ0) is 10.3. The third-order valence-corrected chi connectivity index (χ3v) is 2.47. The van der Waals surface area contributed by atoms with Crippen molar-refractivity contribution in [3.05, 3.63) is 5.69 Å². The van der Waals surface area contributed by atoms with E-state index in [0.717, 1.165) is 29.8 Å². The number of hydrogen-bond donors (Lipinski definition) is 1. The molecule has 0 aromatic carbocycles. The van der Waals surface area contributed by atoms with E-state index in [1.54, 1.807) is 0 Å². The molecule has 5 heteroatoms. The minimum atomic E-state index is 0.574. The van der Waals surface area contributed by atoms with Gasteiger partial charge in [0.15, 0.2) is 5.65 Å². The first-order chi connectivity index (χ1) is 6.69. The van der Waals surface area contributed by atoms with E-state index in [4.69, 9.17) is 5.73 Å². The summed E-state index contributed by atoms with van der Waals surface area (Å²) >= 11 is 0. The quantitative estimate of drug-likeness (QED) is 0.772.